The van der Waals surface area contributed by atoms with Crippen molar-refractivity contribution in [2.45, 2.75) is 37.3 Å². The molecule has 1 fully saturated rings. The number of hydrogen-bond acceptors (Lipinski definition) is 7. The third kappa shape index (κ3) is 4.33. The number of anilines is 1. The highest BCUT2D eigenvalue weighted by atomic mass is 35.5. The normalized spacial score (nSPS) is 30.1. The molecule has 1 saturated heterocycles. The molecule has 0 spiro atoms. The lowest BCUT2D eigenvalue weighted by atomic mass is 9.99. The minimum Gasteiger partial charge on any atom is -0.394 e. The van der Waals surface area contributed by atoms with Crippen molar-refractivity contribution in [1.82, 2.24) is 0 Å². The Morgan fingerprint density at radius 1 is 1.29 bits per heavy atom. The number of ether oxygens (including phenoxy) is 2. The van der Waals surface area contributed by atoms with E-state index in [0.29, 0.717) is 11.3 Å². The highest BCUT2D eigenvalue weighted by Gasteiger charge is 2.44. The number of aliphatic hydroxyl groups excluding tert-OH is 4. The predicted molar refractivity (Wildman–Crippen MR) is 83.2 cm³/mol. The number of aliphatic hydroxyl groups is 4. The molecule has 0 bridgehead atoms. The maximum atomic E-state index is 10.8. The largest absolute Gasteiger partial charge is 0.394 e. The van der Waals surface area contributed by atoms with Crippen molar-refractivity contribution >= 4 is 23.3 Å². The van der Waals surface area contributed by atoms with Crippen LogP contribution < -0.4 is 11.1 Å². The molecule has 134 valence electrons. The molecule has 0 radical (unpaired) electrons. The Morgan fingerprint density at radius 3 is 2.58 bits per heavy atom. The summed E-state index contributed by atoms with van der Waals surface area (Å²) >= 11 is 6.07. The number of urea groups is 1. The van der Waals surface area contributed by atoms with Crippen molar-refractivity contribution in [3.05, 3.63) is 28.8 Å². The van der Waals surface area contributed by atoms with Crippen molar-refractivity contribution in [3.8, 4) is 0 Å². The van der Waals surface area contributed by atoms with Crippen molar-refractivity contribution in [2.24, 2.45) is 5.73 Å². The third-order valence-electron chi connectivity index (χ3n) is 3.57. The molecule has 24 heavy (non-hydrogen) atoms. The number of primary amides is 1. The van der Waals surface area contributed by atoms with Crippen molar-refractivity contribution in [3.63, 3.8) is 0 Å². The maximum Gasteiger partial charge on any atom is 0.316 e. The van der Waals surface area contributed by atoms with Gasteiger partial charge in [0, 0.05) is 10.7 Å². The van der Waals surface area contributed by atoms with E-state index in [9.17, 15) is 20.1 Å². The molecule has 5 unspecified atom stereocenters. The summed E-state index contributed by atoms with van der Waals surface area (Å²) in [5.74, 6) is 0. The lowest BCUT2D eigenvalue weighted by molar-refractivity contribution is -0.304. The minimum absolute atomic E-state index is 0.0711. The molecule has 2 amide bonds. The van der Waals surface area contributed by atoms with Gasteiger partial charge in [0.1, 0.15) is 24.4 Å². The summed E-state index contributed by atoms with van der Waals surface area (Å²) in [5, 5.41) is 41.0. The summed E-state index contributed by atoms with van der Waals surface area (Å²) in [6, 6.07) is 3.88. The first-order valence-electron chi connectivity index (χ1n) is 7.10. The molecule has 2 rings (SSSR count). The average Bonchev–Trinajstić information content (AvgIpc) is 2.53. The summed E-state index contributed by atoms with van der Waals surface area (Å²) in [6.07, 6.45) is -6.76. The summed E-state index contributed by atoms with van der Waals surface area (Å²) in [5.41, 5.74) is 5.95. The first kappa shape index (κ1) is 18.9. The Bertz CT molecular complexity index is 586. The van der Waals surface area contributed by atoms with Gasteiger partial charge in [-0.1, -0.05) is 17.7 Å². The molecule has 1 aliphatic heterocycles. The molecule has 1 aromatic rings. The second-order valence-electron chi connectivity index (χ2n) is 5.30. The number of carbonyl (C=O) groups is 1. The van der Waals surface area contributed by atoms with E-state index in [1.807, 2.05) is 0 Å². The fraction of sp³-hybridized carbons (Fsp3) is 0.500. The molecule has 5 atom stereocenters. The highest BCUT2D eigenvalue weighted by Crippen LogP contribution is 2.25. The predicted octanol–water partition coefficient (Wildman–Crippen LogP) is -0.853. The zero-order valence-corrected chi connectivity index (χ0v) is 13.3. The van der Waals surface area contributed by atoms with Crippen LogP contribution in [0.4, 0.5) is 10.5 Å². The molecular weight excluding hydrogens is 344 g/mol. The molecule has 0 aliphatic carbocycles. The number of halogens is 1. The molecule has 10 heteroatoms. The van der Waals surface area contributed by atoms with Gasteiger partial charge in [0.05, 0.1) is 13.2 Å². The number of amides is 2. The summed E-state index contributed by atoms with van der Waals surface area (Å²) in [7, 11) is 0. The number of nitrogens with two attached hydrogens (primary N) is 1. The Hall–Kier alpha value is -1.46. The van der Waals surface area contributed by atoms with E-state index in [-0.39, 0.29) is 11.6 Å². The Kier molecular flexibility index (Phi) is 6.35. The summed E-state index contributed by atoms with van der Waals surface area (Å²) in [4.78, 5) is 10.8. The second kappa shape index (κ2) is 8.08. The van der Waals surface area contributed by atoms with Crippen LogP contribution in [0.15, 0.2) is 18.2 Å². The van der Waals surface area contributed by atoms with Gasteiger partial charge in [0.15, 0.2) is 6.29 Å². The molecule has 9 nitrogen and oxygen atoms in total. The van der Waals surface area contributed by atoms with Crippen LogP contribution in [0.25, 0.3) is 0 Å². The van der Waals surface area contributed by atoms with Gasteiger partial charge < -0.3 is 41.0 Å². The Labute approximate surface area is 142 Å². The van der Waals surface area contributed by atoms with Gasteiger partial charge in [-0.25, -0.2) is 4.79 Å². The van der Waals surface area contributed by atoms with Crippen LogP contribution in [0.3, 0.4) is 0 Å². The van der Waals surface area contributed by atoms with E-state index in [2.05, 4.69) is 5.32 Å². The molecule has 7 N–H and O–H groups in total. The van der Waals surface area contributed by atoms with E-state index < -0.39 is 43.3 Å². The van der Waals surface area contributed by atoms with E-state index in [0.717, 1.165) is 0 Å². The van der Waals surface area contributed by atoms with E-state index in [4.69, 9.17) is 31.9 Å². The van der Waals surface area contributed by atoms with Crippen LogP contribution in [0.2, 0.25) is 5.02 Å². The number of carbonyl (C=O) groups excluding carboxylic acids is 1. The van der Waals surface area contributed by atoms with Gasteiger partial charge in [0.2, 0.25) is 0 Å². The Morgan fingerprint density at radius 2 is 2.00 bits per heavy atom. The van der Waals surface area contributed by atoms with Crippen LogP contribution in [0.5, 0.6) is 0 Å². The highest BCUT2D eigenvalue weighted by molar-refractivity contribution is 6.31. The van der Waals surface area contributed by atoms with Gasteiger partial charge in [-0.15, -0.1) is 0 Å². The van der Waals surface area contributed by atoms with Crippen LogP contribution in [0.1, 0.15) is 5.56 Å². The monoisotopic (exact) mass is 362 g/mol. The summed E-state index contributed by atoms with van der Waals surface area (Å²) in [6.45, 7) is -0.614. The maximum absolute atomic E-state index is 10.8. The lowest BCUT2D eigenvalue weighted by Crippen LogP contribution is -2.59. The number of nitrogens with one attached hydrogen (secondary N) is 1. The fourth-order valence-corrected chi connectivity index (χ4v) is 2.50. The van der Waals surface area contributed by atoms with Gasteiger partial charge in [-0.3, -0.25) is 0 Å². The van der Waals surface area contributed by atoms with Crippen LogP contribution in [-0.2, 0) is 16.1 Å². The number of hydrogen-bond donors (Lipinski definition) is 6. The van der Waals surface area contributed by atoms with E-state index >= 15 is 0 Å². The number of rotatable bonds is 5. The van der Waals surface area contributed by atoms with Gasteiger partial charge in [-0.2, -0.15) is 0 Å². The van der Waals surface area contributed by atoms with Crippen LogP contribution in [0, 0.1) is 0 Å². The SMILES string of the molecule is NC(=O)Nc1ccc(COC2OC(CO)C(O)C(O)C2O)c(Cl)c1. The molecule has 1 heterocycles. The molecule has 0 saturated carbocycles. The average molecular weight is 363 g/mol. The fourth-order valence-electron chi connectivity index (χ4n) is 2.26. The number of benzene rings is 1. The van der Waals surface area contributed by atoms with Gasteiger partial charge in [0.25, 0.3) is 0 Å². The van der Waals surface area contributed by atoms with Gasteiger partial charge in [-0.05, 0) is 17.7 Å². The van der Waals surface area contributed by atoms with Crippen LogP contribution in [-0.4, -0.2) is 63.8 Å². The van der Waals surface area contributed by atoms with Crippen LogP contribution >= 0.6 is 11.6 Å². The lowest BCUT2D eigenvalue weighted by Gasteiger charge is -2.39. The second-order valence-corrected chi connectivity index (χ2v) is 5.71. The smallest absolute Gasteiger partial charge is 0.316 e. The standard InChI is InChI=1S/C14H19ClN2O7/c15-8-3-7(17-14(16)22)2-1-6(8)5-23-13-12(21)11(20)10(19)9(4-18)24-13/h1-3,9-13,18-21H,4-5H2,(H3,16,17,22). The van der Waals surface area contributed by atoms with Crippen molar-refractivity contribution in [2.75, 3.05) is 11.9 Å². The minimum atomic E-state index is -1.52. The van der Waals surface area contributed by atoms with Gasteiger partial charge >= 0.3 is 6.03 Å². The first-order valence-corrected chi connectivity index (χ1v) is 7.48. The molecule has 1 aliphatic rings. The van der Waals surface area contributed by atoms with Crippen molar-refractivity contribution in [1.29, 1.82) is 0 Å². The zero-order chi connectivity index (χ0) is 17.9. The quantitative estimate of drug-likeness (QED) is 0.398. The Balaban J connectivity index is 2.00. The van der Waals surface area contributed by atoms with E-state index in [1.165, 1.54) is 6.07 Å². The van der Waals surface area contributed by atoms with Crippen molar-refractivity contribution < 1.29 is 34.7 Å². The summed E-state index contributed by atoms with van der Waals surface area (Å²) < 4.78 is 10.6. The molecule has 1 aromatic carbocycles. The molecule has 0 aromatic heterocycles. The third-order valence-corrected chi connectivity index (χ3v) is 3.92. The topological polar surface area (TPSA) is 154 Å². The molecular formula is C14H19ClN2O7. The van der Waals surface area contributed by atoms with E-state index in [1.54, 1.807) is 12.1 Å². The first-order chi connectivity index (χ1) is 11.3. The zero-order valence-electron chi connectivity index (χ0n) is 12.5.